The van der Waals surface area contributed by atoms with Crippen molar-refractivity contribution in [1.82, 2.24) is 10.2 Å². The summed E-state index contributed by atoms with van der Waals surface area (Å²) in [7, 11) is 2.04. The molecule has 1 fully saturated rings. The molecule has 1 aliphatic heterocycles. The van der Waals surface area contributed by atoms with Gasteiger partial charge in [-0.1, -0.05) is 13.8 Å². The average Bonchev–Trinajstić information content (AvgIpc) is 2.16. The third kappa shape index (κ3) is 4.52. The maximum atomic E-state index is 3.22. The monoisotopic (exact) mass is 212 g/mol. The molecule has 0 amide bonds. The Kier molecular flexibility index (Phi) is 5.07. The van der Waals surface area contributed by atoms with Gasteiger partial charge in [0.15, 0.2) is 0 Å². The molecular formula is C13H28N2. The Morgan fingerprint density at radius 2 is 2.13 bits per heavy atom. The first-order valence-electron chi connectivity index (χ1n) is 6.44. The molecule has 2 nitrogen and oxygen atoms in total. The van der Waals surface area contributed by atoms with Crippen molar-refractivity contribution in [2.75, 3.05) is 26.7 Å². The van der Waals surface area contributed by atoms with Crippen molar-refractivity contribution in [3.05, 3.63) is 0 Å². The van der Waals surface area contributed by atoms with Gasteiger partial charge in [-0.05, 0) is 58.2 Å². The lowest BCUT2D eigenvalue weighted by Gasteiger charge is -2.41. The van der Waals surface area contributed by atoms with Crippen molar-refractivity contribution in [1.29, 1.82) is 0 Å². The highest BCUT2D eigenvalue weighted by molar-refractivity contribution is 4.82. The topological polar surface area (TPSA) is 15.3 Å². The fourth-order valence-corrected chi connectivity index (χ4v) is 2.60. The number of hydrogen-bond donors (Lipinski definition) is 1. The molecular weight excluding hydrogens is 184 g/mol. The Hall–Kier alpha value is -0.0800. The quantitative estimate of drug-likeness (QED) is 0.704. The van der Waals surface area contributed by atoms with Gasteiger partial charge in [-0.3, -0.25) is 0 Å². The summed E-state index contributed by atoms with van der Waals surface area (Å²) in [5.41, 5.74) is 0.537. The normalized spacial score (nSPS) is 24.0. The maximum absolute atomic E-state index is 3.22. The standard InChI is InChI=1S/C13H28N2/c1-12(7-5-9-14-4)15-10-6-8-13(2,3)11-15/h12,14H,5-11H2,1-4H3. The van der Waals surface area contributed by atoms with Gasteiger partial charge >= 0.3 is 0 Å². The number of likely N-dealkylation sites (tertiary alicyclic amines) is 1. The summed E-state index contributed by atoms with van der Waals surface area (Å²) in [5, 5.41) is 3.22. The van der Waals surface area contributed by atoms with Crippen LogP contribution >= 0.6 is 0 Å². The van der Waals surface area contributed by atoms with Gasteiger partial charge in [-0.25, -0.2) is 0 Å². The predicted molar refractivity (Wildman–Crippen MR) is 67.2 cm³/mol. The molecule has 0 aromatic carbocycles. The maximum Gasteiger partial charge on any atom is 0.00676 e. The van der Waals surface area contributed by atoms with Crippen LogP contribution in [0.15, 0.2) is 0 Å². The summed E-state index contributed by atoms with van der Waals surface area (Å²) in [6.45, 7) is 10.9. The van der Waals surface area contributed by atoms with Crippen LogP contribution in [0.3, 0.4) is 0 Å². The van der Waals surface area contributed by atoms with E-state index in [-0.39, 0.29) is 0 Å². The van der Waals surface area contributed by atoms with Crippen LogP contribution in [-0.2, 0) is 0 Å². The molecule has 0 aromatic rings. The van der Waals surface area contributed by atoms with Crippen LogP contribution in [0.1, 0.15) is 46.5 Å². The first-order chi connectivity index (χ1) is 7.05. The lowest BCUT2D eigenvalue weighted by Crippen LogP contribution is -2.44. The summed E-state index contributed by atoms with van der Waals surface area (Å²) in [6, 6.07) is 0.762. The van der Waals surface area contributed by atoms with E-state index in [1.165, 1.54) is 38.8 Å². The Morgan fingerprint density at radius 3 is 2.73 bits per heavy atom. The molecule has 1 unspecified atom stereocenters. The van der Waals surface area contributed by atoms with E-state index in [1.54, 1.807) is 0 Å². The van der Waals surface area contributed by atoms with Crippen molar-refractivity contribution in [2.45, 2.75) is 52.5 Å². The highest BCUT2D eigenvalue weighted by Gasteiger charge is 2.28. The molecule has 0 spiro atoms. The molecule has 1 heterocycles. The zero-order valence-electron chi connectivity index (χ0n) is 11.0. The van der Waals surface area contributed by atoms with Crippen LogP contribution < -0.4 is 5.32 Å². The van der Waals surface area contributed by atoms with E-state index in [0.29, 0.717) is 5.41 Å². The molecule has 15 heavy (non-hydrogen) atoms. The molecule has 1 rings (SSSR count). The highest BCUT2D eigenvalue weighted by atomic mass is 15.2. The summed E-state index contributed by atoms with van der Waals surface area (Å²) >= 11 is 0. The summed E-state index contributed by atoms with van der Waals surface area (Å²) in [5.74, 6) is 0. The van der Waals surface area contributed by atoms with E-state index in [9.17, 15) is 0 Å². The Labute approximate surface area is 95.4 Å². The lowest BCUT2D eigenvalue weighted by molar-refractivity contribution is 0.0805. The third-order valence-corrected chi connectivity index (χ3v) is 3.60. The zero-order chi connectivity index (χ0) is 11.3. The number of piperidine rings is 1. The van der Waals surface area contributed by atoms with Gasteiger partial charge in [-0.15, -0.1) is 0 Å². The van der Waals surface area contributed by atoms with E-state index in [1.807, 2.05) is 7.05 Å². The van der Waals surface area contributed by atoms with Gasteiger partial charge in [0.1, 0.15) is 0 Å². The van der Waals surface area contributed by atoms with E-state index >= 15 is 0 Å². The van der Waals surface area contributed by atoms with E-state index in [0.717, 1.165) is 12.6 Å². The fourth-order valence-electron chi connectivity index (χ4n) is 2.60. The zero-order valence-corrected chi connectivity index (χ0v) is 11.0. The van der Waals surface area contributed by atoms with Crippen LogP contribution in [0, 0.1) is 5.41 Å². The lowest BCUT2D eigenvalue weighted by atomic mass is 9.83. The minimum atomic E-state index is 0.537. The van der Waals surface area contributed by atoms with E-state index in [4.69, 9.17) is 0 Å². The van der Waals surface area contributed by atoms with Crippen molar-refractivity contribution < 1.29 is 0 Å². The minimum absolute atomic E-state index is 0.537. The van der Waals surface area contributed by atoms with Gasteiger partial charge in [0.25, 0.3) is 0 Å². The van der Waals surface area contributed by atoms with E-state index < -0.39 is 0 Å². The molecule has 0 aromatic heterocycles. The molecule has 0 saturated carbocycles. The van der Waals surface area contributed by atoms with Crippen molar-refractivity contribution in [3.8, 4) is 0 Å². The van der Waals surface area contributed by atoms with Crippen LogP contribution in [0.5, 0.6) is 0 Å². The van der Waals surface area contributed by atoms with Crippen LogP contribution in [-0.4, -0.2) is 37.6 Å². The number of rotatable bonds is 5. The van der Waals surface area contributed by atoms with E-state index in [2.05, 4.69) is 31.0 Å². The van der Waals surface area contributed by atoms with Crippen LogP contribution in [0.25, 0.3) is 0 Å². The largest absolute Gasteiger partial charge is 0.320 e. The predicted octanol–water partition coefficient (Wildman–Crippen LogP) is 2.50. The Morgan fingerprint density at radius 1 is 1.40 bits per heavy atom. The number of nitrogens with zero attached hydrogens (tertiary/aromatic N) is 1. The van der Waals surface area contributed by atoms with Crippen molar-refractivity contribution >= 4 is 0 Å². The molecule has 1 aliphatic rings. The third-order valence-electron chi connectivity index (χ3n) is 3.60. The smallest absolute Gasteiger partial charge is 0.00676 e. The number of nitrogens with one attached hydrogen (secondary N) is 1. The minimum Gasteiger partial charge on any atom is -0.320 e. The summed E-state index contributed by atoms with van der Waals surface area (Å²) < 4.78 is 0. The first kappa shape index (κ1) is 13.0. The summed E-state index contributed by atoms with van der Waals surface area (Å²) in [4.78, 5) is 2.68. The van der Waals surface area contributed by atoms with Gasteiger partial charge in [0.2, 0.25) is 0 Å². The molecule has 1 saturated heterocycles. The molecule has 0 aliphatic carbocycles. The van der Waals surface area contributed by atoms with Gasteiger partial charge in [0, 0.05) is 12.6 Å². The Balaban J connectivity index is 2.29. The van der Waals surface area contributed by atoms with Gasteiger partial charge in [0.05, 0.1) is 0 Å². The van der Waals surface area contributed by atoms with Gasteiger partial charge < -0.3 is 10.2 Å². The Bertz CT molecular complexity index is 177. The molecule has 1 atom stereocenters. The van der Waals surface area contributed by atoms with Crippen LogP contribution in [0.4, 0.5) is 0 Å². The highest BCUT2D eigenvalue weighted by Crippen LogP contribution is 2.29. The molecule has 1 N–H and O–H groups in total. The van der Waals surface area contributed by atoms with Crippen molar-refractivity contribution in [2.24, 2.45) is 5.41 Å². The molecule has 90 valence electrons. The summed E-state index contributed by atoms with van der Waals surface area (Å²) in [6.07, 6.45) is 5.40. The second-order valence-corrected chi connectivity index (χ2v) is 5.83. The molecule has 2 heteroatoms. The second kappa shape index (κ2) is 5.86. The van der Waals surface area contributed by atoms with Gasteiger partial charge in [-0.2, -0.15) is 0 Å². The van der Waals surface area contributed by atoms with Crippen molar-refractivity contribution in [3.63, 3.8) is 0 Å². The van der Waals surface area contributed by atoms with Crippen LogP contribution in [0.2, 0.25) is 0 Å². The second-order valence-electron chi connectivity index (χ2n) is 5.83. The SMILES string of the molecule is CNCCCC(C)N1CCCC(C)(C)C1. The number of hydrogen-bond acceptors (Lipinski definition) is 2. The average molecular weight is 212 g/mol. The molecule has 0 radical (unpaired) electrons. The molecule has 0 bridgehead atoms. The first-order valence-corrected chi connectivity index (χ1v) is 6.44. The fraction of sp³-hybridized carbons (Fsp3) is 1.00.